The summed E-state index contributed by atoms with van der Waals surface area (Å²) in [6.45, 7) is 9.72. The van der Waals surface area contributed by atoms with Gasteiger partial charge in [0.1, 0.15) is 6.04 Å². The molecule has 0 spiro atoms. The number of likely N-dealkylation sites (N-methyl/N-ethyl adjacent to an activating group) is 1. The van der Waals surface area contributed by atoms with Crippen molar-refractivity contribution in [3.8, 4) is 0 Å². The zero-order valence-electron chi connectivity index (χ0n) is 15.9. The summed E-state index contributed by atoms with van der Waals surface area (Å²) in [5.41, 5.74) is 0. The Morgan fingerprint density at radius 1 is 1.04 bits per heavy atom. The topological polar surface area (TPSA) is 55.8 Å². The van der Waals surface area contributed by atoms with Gasteiger partial charge in [-0.3, -0.25) is 4.90 Å². The fraction of sp³-hybridized carbons (Fsp3) is 0.789. The first-order chi connectivity index (χ1) is 11.5. The van der Waals surface area contributed by atoms with Crippen LogP contribution in [0.1, 0.15) is 72.1 Å². The van der Waals surface area contributed by atoms with Crippen molar-refractivity contribution in [2.75, 3.05) is 13.7 Å². The molecule has 0 saturated heterocycles. The lowest BCUT2D eigenvalue weighted by Gasteiger charge is -2.28. The van der Waals surface area contributed by atoms with Crippen LogP contribution in [0, 0.1) is 5.92 Å². The van der Waals surface area contributed by atoms with E-state index in [1.165, 1.54) is 50.5 Å². The van der Waals surface area contributed by atoms with Crippen LogP contribution in [0.5, 0.6) is 0 Å². The number of nitrogens with zero attached hydrogens (tertiary/aromatic N) is 1. The van der Waals surface area contributed by atoms with E-state index in [2.05, 4.69) is 13.5 Å². The SMILES string of the molecule is C=COC(=O)N(C)C(C(=O)OCCCCCCCCCC)C(C)C. The molecule has 1 amide bonds. The maximum absolute atomic E-state index is 12.2. The fourth-order valence-corrected chi connectivity index (χ4v) is 2.64. The van der Waals surface area contributed by atoms with Crippen molar-refractivity contribution in [1.29, 1.82) is 0 Å². The second-order valence-corrected chi connectivity index (χ2v) is 6.49. The first-order valence-corrected chi connectivity index (χ1v) is 9.16. The lowest BCUT2D eigenvalue weighted by Crippen LogP contribution is -2.46. The molecule has 0 rings (SSSR count). The molecule has 0 N–H and O–H groups in total. The monoisotopic (exact) mass is 341 g/mol. The van der Waals surface area contributed by atoms with Crippen LogP contribution >= 0.6 is 0 Å². The van der Waals surface area contributed by atoms with E-state index in [1.807, 2.05) is 13.8 Å². The average molecular weight is 341 g/mol. The molecule has 0 aliphatic heterocycles. The fourth-order valence-electron chi connectivity index (χ4n) is 2.64. The Morgan fingerprint density at radius 2 is 1.58 bits per heavy atom. The van der Waals surface area contributed by atoms with Gasteiger partial charge in [0.15, 0.2) is 0 Å². The van der Waals surface area contributed by atoms with Crippen molar-refractivity contribution < 1.29 is 19.1 Å². The minimum atomic E-state index is -0.647. The van der Waals surface area contributed by atoms with Crippen molar-refractivity contribution in [1.82, 2.24) is 4.90 Å². The Hall–Kier alpha value is -1.52. The molecule has 1 atom stereocenters. The molecule has 140 valence electrons. The number of ether oxygens (including phenoxy) is 2. The zero-order chi connectivity index (χ0) is 18.4. The Bertz CT molecular complexity index is 368. The Morgan fingerprint density at radius 3 is 2.08 bits per heavy atom. The van der Waals surface area contributed by atoms with E-state index in [0.717, 1.165) is 19.1 Å². The lowest BCUT2D eigenvalue weighted by molar-refractivity contribution is -0.150. The molecule has 0 aliphatic carbocycles. The molecule has 0 aromatic heterocycles. The van der Waals surface area contributed by atoms with Gasteiger partial charge >= 0.3 is 12.1 Å². The summed E-state index contributed by atoms with van der Waals surface area (Å²) in [6.07, 6.45) is 10.0. The van der Waals surface area contributed by atoms with E-state index in [1.54, 1.807) is 0 Å². The zero-order valence-corrected chi connectivity index (χ0v) is 15.9. The van der Waals surface area contributed by atoms with Gasteiger partial charge in [-0.15, -0.1) is 0 Å². The van der Waals surface area contributed by atoms with Gasteiger partial charge < -0.3 is 9.47 Å². The Kier molecular flexibility index (Phi) is 13.0. The standard InChI is InChI=1S/C19H35NO4/c1-6-8-9-10-11-12-13-14-15-24-18(21)17(16(3)4)20(5)19(22)23-7-2/h7,16-17H,2,6,8-15H2,1,3-5H3. The van der Waals surface area contributed by atoms with Gasteiger partial charge in [-0.2, -0.15) is 0 Å². The van der Waals surface area contributed by atoms with Gasteiger partial charge in [-0.25, -0.2) is 9.59 Å². The molecule has 0 radical (unpaired) electrons. The van der Waals surface area contributed by atoms with Crippen molar-refractivity contribution in [2.24, 2.45) is 5.92 Å². The van der Waals surface area contributed by atoms with Gasteiger partial charge in [0.25, 0.3) is 0 Å². The summed E-state index contributed by atoms with van der Waals surface area (Å²) in [5.74, 6) is -0.435. The van der Waals surface area contributed by atoms with Crippen LogP contribution in [0.3, 0.4) is 0 Å². The molecule has 0 aliphatic rings. The van der Waals surface area contributed by atoms with Crippen molar-refractivity contribution in [3.63, 3.8) is 0 Å². The van der Waals surface area contributed by atoms with Crippen LogP contribution in [-0.4, -0.2) is 36.7 Å². The normalized spacial score (nSPS) is 11.9. The lowest BCUT2D eigenvalue weighted by atomic mass is 10.0. The predicted molar refractivity (Wildman–Crippen MR) is 96.6 cm³/mol. The molecule has 0 aromatic rings. The molecular weight excluding hydrogens is 306 g/mol. The first kappa shape index (κ1) is 22.5. The van der Waals surface area contributed by atoms with Crippen LogP contribution in [0.2, 0.25) is 0 Å². The number of unbranched alkanes of at least 4 members (excludes halogenated alkanes) is 7. The molecule has 5 nitrogen and oxygen atoms in total. The summed E-state index contributed by atoms with van der Waals surface area (Å²) < 4.78 is 10.1. The van der Waals surface area contributed by atoms with E-state index in [9.17, 15) is 9.59 Å². The van der Waals surface area contributed by atoms with Gasteiger partial charge in [0, 0.05) is 7.05 Å². The third-order valence-electron chi connectivity index (χ3n) is 4.00. The van der Waals surface area contributed by atoms with E-state index in [0.29, 0.717) is 6.61 Å². The number of rotatable bonds is 13. The van der Waals surface area contributed by atoms with Crippen molar-refractivity contribution >= 4 is 12.1 Å². The highest BCUT2D eigenvalue weighted by Gasteiger charge is 2.31. The molecule has 0 fully saturated rings. The smallest absolute Gasteiger partial charge is 0.415 e. The third-order valence-corrected chi connectivity index (χ3v) is 4.00. The largest absolute Gasteiger partial charge is 0.464 e. The summed E-state index contributed by atoms with van der Waals surface area (Å²) >= 11 is 0. The second kappa shape index (κ2) is 13.9. The third kappa shape index (κ3) is 9.58. The number of hydrogen-bond acceptors (Lipinski definition) is 4. The summed E-state index contributed by atoms with van der Waals surface area (Å²) in [4.78, 5) is 25.3. The minimum absolute atomic E-state index is 0.0570. The molecule has 0 heterocycles. The van der Waals surface area contributed by atoms with Crippen LogP contribution in [0.4, 0.5) is 4.79 Å². The summed E-state index contributed by atoms with van der Waals surface area (Å²) in [5, 5.41) is 0. The Labute approximate surface area is 147 Å². The quantitative estimate of drug-likeness (QED) is 0.271. The van der Waals surface area contributed by atoms with Gasteiger partial charge in [-0.05, 0) is 12.3 Å². The molecule has 1 unspecified atom stereocenters. The molecule has 5 heteroatoms. The molecular formula is C19H35NO4. The first-order valence-electron chi connectivity index (χ1n) is 9.16. The van der Waals surface area contributed by atoms with Gasteiger partial charge in [-0.1, -0.05) is 72.3 Å². The molecule has 0 saturated carbocycles. The molecule has 24 heavy (non-hydrogen) atoms. The number of esters is 1. The van der Waals surface area contributed by atoms with Crippen molar-refractivity contribution in [3.05, 3.63) is 12.8 Å². The summed E-state index contributed by atoms with van der Waals surface area (Å²) in [7, 11) is 1.54. The van der Waals surface area contributed by atoms with Crippen molar-refractivity contribution in [2.45, 2.75) is 78.2 Å². The van der Waals surface area contributed by atoms with E-state index in [4.69, 9.17) is 9.47 Å². The molecule has 0 bridgehead atoms. The minimum Gasteiger partial charge on any atom is -0.464 e. The van der Waals surface area contributed by atoms with Crippen LogP contribution in [-0.2, 0) is 14.3 Å². The predicted octanol–water partition coefficient (Wildman–Crippen LogP) is 4.91. The maximum Gasteiger partial charge on any atom is 0.415 e. The van der Waals surface area contributed by atoms with E-state index >= 15 is 0 Å². The van der Waals surface area contributed by atoms with Crippen LogP contribution in [0.25, 0.3) is 0 Å². The highest BCUT2D eigenvalue weighted by Crippen LogP contribution is 2.14. The number of hydrogen-bond donors (Lipinski definition) is 0. The van der Waals surface area contributed by atoms with Crippen LogP contribution in [0.15, 0.2) is 12.8 Å². The average Bonchev–Trinajstić information content (AvgIpc) is 2.53. The highest BCUT2D eigenvalue weighted by molar-refractivity contribution is 5.81. The van der Waals surface area contributed by atoms with E-state index < -0.39 is 12.1 Å². The number of amides is 1. The second-order valence-electron chi connectivity index (χ2n) is 6.49. The van der Waals surface area contributed by atoms with Crippen LogP contribution < -0.4 is 0 Å². The number of carbonyl (C=O) groups is 2. The van der Waals surface area contributed by atoms with Gasteiger partial charge in [0.05, 0.1) is 12.9 Å². The highest BCUT2D eigenvalue weighted by atomic mass is 16.6. The van der Waals surface area contributed by atoms with Gasteiger partial charge in [0.2, 0.25) is 0 Å². The maximum atomic E-state index is 12.2. The molecule has 0 aromatic carbocycles. The number of carbonyl (C=O) groups excluding carboxylic acids is 2. The summed E-state index contributed by atoms with van der Waals surface area (Å²) in [6, 6.07) is -0.647. The Balaban J connectivity index is 4.04. The van der Waals surface area contributed by atoms with E-state index in [-0.39, 0.29) is 11.9 Å².